The Morgan fingerprint density at radius 3 is 2.33 bits per heavy atom. The van der Waals surface area contributed by atoms with E-state index >= 15 is 0 Å². The van der Waals surface area contributed by atoms with Crippen molar-refractivity contribution in [2.75, 3.05) is 19.8 Å². The fourth-order valence-electron chi connectivity index (χ4n) is 1.47. The molecule has 1 rings (SSSR count). The number of alkyl halides is 3. The molecule has 0 aliphatic heterocycles. The molecule has 0 aromatic heterocycles. The van der Waals surface area contributed by atoms with Crippen LogP contribution in [0.25, 0.3) is 0 Å². The molecule has 0 atom stereocenters. The number of nitrogens with one attached hydrogen (secondary N) is 1. The van der Waals surface area contributed by atoms with Gasteiger partial charge in [0.2, 0.25) is 5.91 Å². The van der Waals surface area contributed by atoms with Gasteiger partial charge >= 0.3 is 12.1 Å². The Morgan fingerprint density at radius 1 is 1.19 bits per heavy atom. The summed E-state index contributed by atoms with van der Waals surface area (Å²) in [7, 11) is 0. The van der Waals surface area contributed by atoms with Crippen molar-refractivity contribution in [3.05, 3.63) is 35.4 Å². The van der Waals surface area contributed by atoms with Gasteiger partial charge in [0.15, 0.2) is 0 Å². The molecule has 0 saturated carbocycles. The summed E-state index contributed by atoms with van der Waals surface area (Å²) in [6, 6.07) is 6.09. The zero-order chi connectivity index (χ0) is 15.9. The van der Waals surface area contributed by atoms with E-state index in [4.69, 9.17) is 5.11 Å². The molecule has 0 saturated heterocycles. The number of carbonyl (C=O) groups excluding carboxylic acids is 1. The maximum absolute atomic E-state index is 11.8. The first kappa shape index (κ1) is 17.0. The fraction of sp³-hybridized carbons (Fsp3) is 0.385. The minimum absolute atomic E-state index is 0.156. The molecule has 21 heavy (non-hydrogen) atoms. The molecule has 116 valence electrons. The van der Waals surface area contributed by atoms with Gasteiger partial charge in [-0.3, -0.25) is 4.79 Å². The van der Waals surface area contributed by atoms with E-state index < -0.39 is 31.3 Å². The summed E-state index contributed by atoms with van der Waals surface area (Å²) in [4.78, 5) is 21.8. The molecule has 0 radical (unpaired) electrons. The van der Waals surface area contributed by atoms with Gasteiger partial charge < -0.3 is 15.2 Å². The summed E-state index contributed by atoms with van der Waals surface area (Å²) in [5.74, 6) is -1.67. The first-order valence-electron chi connectivity index (χ1n) is 6.01. The maximum atomic E-state index is 11.8. The minimum atomic E-state index is -4.45. The van der Waals surface area contributed by atoms with Gasteiger partial charge in [-0.15, -0.1) is 0 Å². The highest BCUT2D eigenvalue weighted by Crippen LogP contribution is 2.14. The number of halogens is 3. The Kier molecular flexibility index (Phi) is 6.16. The molecule has 1 aromatic rings. The van der Waals surface area contributed by atoms with Crippen LogP contribution < -0.4 is 5.32 Å². The van der Waals surface area contributed by atoms with E-state index in [9.17, 15) is 22.8 Å². The Balaban J connectivity index is 2.24. The number of rotatable bonds is 7. The van der Waals surface area contributed by atoms with Crippen molar-refractivity contribution in [2.24, 2.45) is 0 Å². The summed E-state index contributed by atoms with van der Waals surface area (Å²) in [6.07, 6.45) is -4.02. The van der Waals surface area contributed by atoms with E-state index in [1.165, 1.54) is 12.1 Å². The number of amides is 1. The highest BCUT2D eigenvalue weighted by Gasteiger charge is 2.27. The summed E-state index contributed by atoms with van der Waals surface area (Å²) in [5.41, 5.74) is 0.958. The third-order valence-electron chi connectivity index (χ3n) is 2.44. The predicted molar refractivity (Wildman–Crippen MR) is 67.0 cm³/mol. The Hall–Kier alpha value is -2.09. The van der Waals surface area contributed by atoms with E-state index in [-0.39, 0.29) is 12.1 Å². The van der Waals surface area contributed by atoms with Crippen molar-refractivity contribution < 1.29 is 32.6 Å². The van der Waals surface area contributed by atoms with Gasteiger partial charge in [0.1, 0.15) is 13.2 Å². The number of ether oxygens (including phenoxy) is 1. The van der Waals surface area contributed by atoms with Crippen LogP contribution in [0, 0.1) is 0 Å². The highest BCUT2D eigenvalue weighted by atomic mass is 19.4. The molecule has 0 spiro atoms. The monoisotopic (exact) mass is 305 g/mol. The average molecular weight is 305 g/mol. The summed E-state index contributed by atoms with van der Waals surface area (Å²) in [6.45, 7) is -1.89. The summed E-state index contributed by atoms with van der Waals surface area (Å²) < 4.78 is 39.5. The SMILES string of the molecule is O=C(COCC(F)(F)F)NCCc1ccc(C(=O)O)cc1. The molecule has 1 amide bonds. The molecule has 0 unspecified atom stereocenters. The molecule has 0 aliphatic carbocycles. The second-order valence-corrected chi connectivity index (χ2v) is 4.21. The van der Waals surface area contributed by atoms with Gasteiger partial charge in [0, 0.05) is 6.54 Å². The summed E-state index contributed by atoms with van der Waals surface area (Å²) >= 11 is 0. The second-order valence-electron chi connectivity index (χ2n) is 4.21. The quantitative estimate of drug-likeness (QED) is 0.802. The van der Waals surface area contributed by atoms with Crippen LogP contribution >= 0.6 is 0 Å². The fourth-order valence-corrected chi connectivity index (χ4v) is 1.47. The molecular formula is C13H14F3NO4. The van der Waals surface area contributed by atoms with E-state index in [0.29, 0.717) is 6.42 Å². The van der Waals surface area contributed by atoms with E-state index in [1.54, 1.807) is 12.1 Å². The third-order valence-corrected chi connectivity index (χ3v) is 2.44. The Labute approximate surface area is 118 Å². The number of carboxylic acids is 1. The molecule has 1 aromatic carbocycles. The Morgan fingerprint density at radius 2 is 1.81 bits per heavy atom. The lowest BCUT2D eigenvalue weighted by molar-refractivity contribution is -0.175. The van der Waals surface area contributed by atoms with E-state index in [0.717, 1.165) is 5.56 Å². The largest absolute Gasteiger partial charge is 0.478 e. The number of carboxylic acid groups (broad SMARTS) is 1. The molecule has 0 aliphatic rings. The van der Waals surface area contributed by atoms with Crippen molar-refractivity contribution in [3.63, 3.8) is 0 Å². The standard InChI is InChI=1S/C13H14F3NO4/c14-13(15,16)8-21-7-11(18)17-6-5-9-1-3-10(4-2-9)12(19)20/h1-4H,5-8H2,(H,17,18)(H,19,20). The van der Waals surface area contributed by atoms with Gasteiger partial charge in [0.25, 0.3) is 0 Å². The van der Waals surface area contributed by atoms with Crippen LogP contribution in [0.2, 0.25) is 0 Å². The zero-order valence-corrected chi connectivity index (χ0v) is 10.9. The molecule has 8 heteroatoms. The van der Waals surface area contributed by atoms with Crippen molar-refractivity contribution in [3.8, 4) is 0 Å². The van der Waals surface area contributed by atoms with Crippen molar-refractivity contribution in [1.29, 1.82) is 0 Å². The lowest BCUT2D eigenvalue weighted by Gasteiger charge is -2.08. The Bertz CT molecular complexity index is 485. The van der Waals surface area contributed by atoms with E-state index in [2.05, 4.69) is 10.1 Å². The normalized spacial score (nSPS) is 11.2. The molecule has 0 fully saturated rings. The molecular weight excluding hydrogens is 291 g/mol. The number of hydrogen-bond donors (Lipinski definition) is 2. The number of benzene rings is 1. The average Bonchev–Trinajstić information content (AvgIpc) is 2.37. The molecule has 2 N–H and O–H groups in total. The van der Waals surface area contributed by atoms with Gasteiger partial charge in [-0.05, 0) is 24.1 Å². The minimum Gasteiger partial charge on any atom is -0.478 e. The molecule has 0 heterocycles. The van der Waals surface area contributed by atoms with Crippen molar-refractivity contribution in [1.82, 2.24) is 5.32 Å². The van der Waals surface area contributed by atoms with E-state index in [1.807, 2.05) is 0 Å². The van der Waals surface area contributed by atoms with Crippen LogP contribution in [0.15, 0.2) is 24.3 Å². The van der Waals surface area contributed by atoms with Crippen LogP contribution in [0.4, 0.5) is 13.2 Å². The van der Waals surface area contributed by atoms with Crippen LogP contribution in [-0.4, -0.2) is 42.9 Å². The van der Waals surface area contributed by atoms with Crippen molar-refractivity contribution >= 4 is 11.9 Å². The van der Waals surface area contributed by atoms with Crippen LogP contribution in [0.1, 0.15) is 15.9 Å². The van der Waals surface area contributed by atoms with Crippen LogP contribution in [0.5, 0.6) is 0 Å². The van der Waals surface area contributed by atoms with Gasteiger partial charge in [-0.1, -0.05) is 12.1 Å². The topological polar surface area (TPSA) is 75.6 Å². The van der Waals surface area contributed by atoms with Gasteiger partial charge in [0.05, 0.1) is 5.56 Å². The lowest BCUT2D eigenvalue weighted by atomic mass is 10.1. The molecule has 0 bridgehead atoms. The number of hydrogen-bond acceptors (Lipinski definition) is 3. The van der Waals surface area contributed by atoms with Gasteiger partial charge in [-0.25, -0.2) is 4.79 Å². The third kappa shape index (κ3) is 7.31. The second kappa shape index (κ2) is 7.63. The first-order chi connectivity index (χ1) is 9.78. The first-order valence-corrected chi connectivity index (χ1v) is 6.01. The van der Waals surface area contributed by atoms with Crippen molar-refractivity contribution in [2.45, 2.75) is 12.6 Å². The summed E-state index contributed by atoms with van der Waals surface area (Å²) in [5, 5.41) is 11.1. The number of aromatic carboxylic acids is 1. The van der Waals surface area contributed by atoms with Crippen LogP contribution in [-0.2, 0) is 16.0 Å². The smallest absolute Gasteiger partial charge is 0.411 e. The van der Waals surface area contributed by atoms with Crippen LogP contribution in [0.3, 0.4) is 0 Å². The van der Waals surface area contributed by atoms with Gasteiger partial charge in [-0.2, -0.15) is 13.2 Å². The molecule has 5 nitrogen and oxygen atoms in total. The zero-order valence-electron chi connectivity index (χ0n) is 10.9. The lowest BCUT2D eigenvalue weighted by Crippen LogP contribution is -2.31. The highest BCUT2D eigenvalue weighted by molar-refractivity contribution is 5.87. The maximum Gasteiger partial charge on any atom is 0.411 e. The number of carbonyl (C=O) groups is 2. The predicted octanol–water partition coefficient (Wildman–Crippen LogP) is 1.62.